The molecular weight excluding hydrogens is 422 g/mol. The number of aromatic nitrogens is 2. The minimum Gasteiger partial charge on any atom is -0.385 e. The van der Waals surface area contributed by atoms with Gasteiger partial charge in [-0.25, -0.2) is 9.97 Å². The summed E-state index contributed by atoms with van der Waals surface area (Å²) in [5.74, 6) is 0.932. The van der Waals surface area contributed by atoms with Crippen molar-refractivity contribution in [2.45, 2.75) is 18.1 Å². The maximum absolute atomic E-state index is 12.0. The molecule has 164 valence electrons. The van der Waals surface area contributed by atoms with E-state index in [0.29, 0.717) is 30.0 Å². The van der Waals surface area contributed by atoms with Crippen molar-refractivity contribution in [3.05, 3.63) is 47.1 Å². The van der Waals surface area contributed by atoms with E-state index >= 15 is 0 Å². The van der Waals surface area contributed by atoms with E-state index in [4.69, 9.17) is 16.3 Å². The number of nitrogens with zero attached hydrogens (tertiary/aromatic N) is 4. The number of thioether (sulfide) groups is 1. The monoisotopic (exact) mass is 451 g/mol. The Labute approximate surface area is 188 Å². The molecule has 0 saturated carbocycles. The number of hydrogen-bond acceptors (Lipinski definition) is 7. The lowest BCUT2D eigenvalue weighted by Crippen LogP contribution is -2.32. The summed E-state index contributed by atoms with van der Waals surface area (Å²) in [4.78, 5) is 25.3. The molecule has 0 saturated heterocycles. The van der Waals surface area contributed by atoms with Gasteiger partial charge in [0.15, 0.2) is 5.16 Å². The van der Waals surface area contributed by atoms with Crippen LogP contribution in [-0.4, -0.2) is 74.0 Å². The molecular formula is C21H30ClN5O2S. The second-order valence-electron chi connectivity index (χ2n) is 7.03. The Morgan fingerprint density at radius 1 is 1.20 bits per heavy atom. The molecule has 0 aliphatic rings. The number of anilines is 1. The number of halogens is 1. The first kappa shape index (κ1) is 24.4. The van der Waals surface area contributed by atoms with Crippen molar-refractivity contribution in [3.63, 3.8) is 0 Å². The molecule has 0 aliphatic heterocycles. The van der Waals surface area contributed by atoms with Crippen molar-refractivity contribution in [3.8, 4) is 0 Å². The van der Waals surface area contributed by atoms with Gasteiger partial charge < -0.3 is 19.9 Å². The lowest BCUT2D eigenvalue weighted by atomic mass is 10.2. The van der Waals surface area contributed by atoms with E-state index < -0.39 is 0 Å². The van der Waals surface area contributed by atoms with E-state index in [0.717, 1.165) is 25.3 Å². The zero-order valence-corrected chi connectivity index (χ0v) is 19.4. The van der Waals surface area contributed by atoms with Crippen molar-refractivity contribution in [1.82, 2.24) is 20.2 Å². The van der Waals surface area contributed by atoms with Crippen molar-refractivity contribution in [2.75, 3.05) is 58.1 Å². The van der Waals surface area contributed by atoms with E-state index in [1.54, 1.807) is 13.2 Å². The van der Waals surface area contributed by atoms with Crippen LogP contribution < -0.4 is 10.2 Å². The van der Waals surface area contributed by atoms with Gasteiger partial charge in [-0.3, -0.25) is 4.79 Å². The van der Waals surface area contributed by atoms with Gasteiger partial charge in [0.25, 0.3) is 0 Å². The molecule has 0 bridgehead atoms. The number of methoxy groups -OCH3 is 1. The summed E-state index contributed by atoms with van der Waals surface area (Å²) in [6.07, 6.45) is 0.783. The first-order chi connectivity index (χ1) is 14.5. The fraction of sp³-hybridized carbons (Fsp3) is 0.476. The Hall–Kier alpha value is -1.87. The molecule has 1 aromatic carbocycles. The quantitative estimate of drug-likeness (QED) is 0.217. The molecule has 1 N–H and O–H groups in total. The molecule has 0 unspecified atom stereocenters. The topological polar surface area (TPSA) is 70.6 Å². The van der Waals surface area contributed by atoms with E-state index in [9.17, 15) is 4.79 Å². The Morgan fingerprint density at radius 3 is 2.67 bits per heavy atom. The van der Waals surface area contributed by atoms with Crippen molar-refractivity contribution in [1.29, 1.82) is 0 Å². The molecule has 0 spiro atoms. The molecule has 1 amide bonds. The number of likely N-dealkylation sites (N-methyl/N-ethyl adjacent to an activating group) is 1. The third-order valence-corrected chi connectivity index (χ3v) is 5.24. The fourth-order valence-electron chi connectivity index (χ4n) is 2.64. The number of carbonyl (C=O) groups excluding carboxylic acids is 1. The average molecular weight is 452 g/mol. The molecule has 2 rings (SSSR count). The highest BCUT2D eigenvalue weighted by atomic mass is 35.5. The summed E-state index contributed by atoms with van der Waals surface area (Å²) in [6, 6.07) is 12.0. The highest BCUT2D eigenvalue weighted by Gasteiger charge is 2.14. The van der Waals surface area contributed by atoms with Gasteiger partial charge in [0.2, 0.25) is 5.91 Å². The first-order valence-corrected chi connectivity index (χ1v) is 11.2. The Bertz CT molecular complexity index is 779. The number of hydrogen-bond donors (Lipinski definition) is 1. The third kappa shape index (κ3) is 9.30. The predicted octanol–water partition coefficient (Wildman–Crippen LogP) is 2.94. The standard InChI is InChI=1S/C21H30ClN5O2S/c1-26(2)11-12-27(15-17-8-5-4-6-9-17)19-14-18(22)24-21(25-19)30-16-20(28)23-10-7-13-29-3/h4-6,8-9,14H,7,10-13,15-16H2,1-3H3,(H,23,28). The second-order valence-corrected chi connectivity index (χ2v) is 8.36. The first-order valence-electron chi connectivity index (χ1n) is 9.84. The maximum atomic E-state index is 12.0. The van der Waals surface area contributed by atoms with Crippen LogP contribution in [0.2, 0.25) is 5.15 Å². The molecule has 1 aromatic heterocycles. The van der Waals surface area contributed by atoms with Gasteiger partial charge >= 0.3 is 0 Å². The van der Waals surface area contributed by atoms with Gasteiger partial charge in [0.05, 0.1) is 5.75 Å². The van der Waals surface area contributed by atoms with E-state index in [2.05, 4.69) is 37.2 Å². The van der Waals surface area contributed by atoms with Crippen LogP contribution in [0.25, 0.3) is 0 Å². The lowest BCUT2D eigenvalue weighted by Gasteiger charge is -2.26. The summed E-state index contributed by atoms with van der Waals surface area (Å²) in [6.45, 7) is 3.59. The summed E-state index contributed by atoms with van der Waals surface area (Å²) in [5, 5.41) is 3.72. The number of carbonyl (C=O) groups is 1. The fourth-order valence-corrected chi connectivity index (χ4v) is 3.55. The highest BCUT2D eigenvalue weighted by molar-refractivity contribution is 7.99. The average Bonchev–Trinajstić information content (AvgIpc) is 2.73. The predicted molar refractivity (Wildman–Crippen MR) is 123 cm³/mol. The lowest BCUT2D eigenvalue weighted by molar-refractivity contribution is -0.118. The van der Waals surface area contributed by atoms with Crippen LogP contribution in [0.3, 0.4) is 0 Å². The van der Waals surface area contributed by atoms with Crippen LogP contribution in [0.1, 0.15) is 12.0 Å². The summed E-state index contributed by atoms with van der Waals surface area (Å²) >= 11 is 7.56. The van der Waals surface area contributed by atoms with Crippen molar-refractivity contribution >= 4 is 35.1 Å². The molecule has 30 heavy (non-hydrogen) atoms. The maximum Gasteiger partial charge on any atom is 0.230 e. The van der Waals surface area contributed by atoms with Crippen LogP contribution in [0, 0.1) is 0 Å². The van der Waals surface area contributed by atoms with E-state index in [-0.39, 0.29) is 11.7 Å². The van der Waals surface area contributed by atoms with Crippen LogP contribution in [0.15, 0.2) is 41.6 Å². The van der Waals surface area contributed by atoms with Crippen molar-refractivity contribution < 1.29 is 9.53 Å². The molecule has 0 aliphatic carbocycles. The Balaban J connectivity index is 2.05. The molecule has 0 atom stereocenters. The molecule has 7 nitrogen and oxygen atoms in total. The zero-order valence-electron chi connectivity index (χ0n) is 17.8. The van der Waals surface area contributed by atoms with Crippen LogP contribution in [-0.2, 0) is 16.1 Å². The number of amides is 1. The highest BCUT2D eigenvalue weighted by Crippen LogP contribution is 2.23. The number of benzene rings is 1. The molecule has 2 aromatic rings. The molecule has 1 heterocycles. The molecule has 9 heteroatoms. The molecule has 0 fully saturated rings. The summed E-state index contributed by atoms with van der Waals surface area (Å²) in [7, 11) is 5.73. The largest absolute Gasteiger partial charge is 0.385 e. The smallest absolute Gasteiger partial charge is 0.230 e. The van der Waals surface area contributed by atoms with Crippen LogP contribution >= 0.6 is 23.4 Å². The summed E-state index contributed by atoms with van der Waals surface area (Å²) in [5.41, 5.74) is 1.19. The third-order valence-electron chi connectivity index (χ3n) is 4.20. The SMILES string of the molecule is COCCCNC(=O)CSc1nc(Cl)cc(N(CCN(C)C)Cc2ccccc2)n1. The van der Waals surface area contributed by atoms with Gasteiger partial charge in [0, 0.05) is 46.0 Å². The minimum atomic E-state index is -0.0602. The van der Waals surface area contributed by atoms with Gasteiger partial charge in [-0.15, -0.1) is 0 Å². The normalized spacial score (nSPS) is 11.0. The molecule has 0 radical (unpaired) electrons. The van der Waals surface area contributed by atoms with Gasteiger partial charge in [0.1, 0.15) is 11.0 Å². The van der Waals surface area contributed by atoms with Gasteiger partial charge in [-0.1, -0.05) is 53.7 Å². The van der Waals surface area contributed by atoms with Crippen LogP contribution in [0.5, 0.6) is 0 Å². The van der Waals surface area contributed by atoms with E-state index in [1.807, 2.05) is 32.3 Å². The summed E-state index contributed by atoms with van der Waals surface area (Å²) < 4.78 is 4.98. The van der Waals surface area contributed by atoms with Gasteiger partial charge in [-0.05, 0) is 26.1 Å². The number of rotatable bonds is 13. The zero-order chi connectivity index (χ0) is 21.8. The minimum absolute atomic E-state index is 0.0602. The van der Waals surface area contributed by atoms with E-state index in [1.165, 1.54) is 17.3 Å². The number of nitrogens with one attached hydrogen (secondary N) is 1. The van der Waals surface area contributed by atoms with Crippen molar-refractivity contribution in [2.24, 2.45) is 0 Å². The second kappa shape index (κ2) is 13.4. The number of ether oxygens (including phenoxy) is 1. The Kier molecular flexibility index (Phi) is 10.9. The van der Waals surface area contributed by atoms with Crippen LogP contribution in [0.4, 0.5) is 5.82 Å². The Morgan fingerprint density at radius 2 is 1.97 bits per heavy atom. The van der Waals surface area contributed by atoms with Gasteiger partial charge in [-0.2, -0.15) is 0 Å².